The number of guanidine groups is 1. The predicted octanol–water partition coefficient (Wildman–Crippen LogP) is 3.10. The first-order valence-corrected chi connectivity index (χ1v) is 8.30. The van der Waals surface area contributed by atoms with E-state index >= 15 is 0 Å². The quantitative estimate of drug-likeness (QED) is 0.230. The lowest BCUT2D eigenvalue weighted by molar-refractivity contribution is -0.143. The Labute approximate surface area is 167 Å². The van der Waals surface area contributed by atoms with Crippen molar-refractivity contribution in [2.75, 3.05) is 46.9 Å². The van der Waals surface area contributed by atoms with Gasteiger partial charge in [0.1, 0.15) is 0 Å². The molecule has 25 heavy (non-hydrogen) atoms. The van der Waals surface area contributed by atoms with Crippen molar-refractivity contribution in [2.45, 2.75) is 46.4 Å². The van der Waals surface area contributed by atoms with Crippen LogP contribution in [0.2, 0.25) is 0 Å². The van der Waals surface area contributed by atoms with Crippen LogP contribution in [0.4, 0.5) is 13.2 Å². The van der Waals surface area contributed by atoms with Gasteiger partial charge in [-0.05, 0) is 32.4 Å². The molecule has 0 radical (unpaired) electrons. The summed E-state index contributed by atoms with van der Waals surface area (Å²) < 4.78 is 42.2. The molecule has 0 saturated carbocycles. The van der Waals surface area contributed by atoms with Crippen molar-refractivity contribution in [3.63, 3.8) is 0 Å². The van der Waals surface area contributed by atoms with Crippen LogP contribution in [0.15, 0.2) is 4.99 Å². The molecule has 0 aliphatic carbocycles. The van der Waals surface area contributed by atoms with E-state index in [1.54, 1.807) is 7.11 Å². The highest BCUT2D eigenvalue weighted by molar-refractivity contribution is 14.0. The summed E-state index contributed by atoms with van der Waals surface area (Å²) in [7, 11) is 3.14. The Kier molecular flexibility index (Phi) is 14.0. The molecule has 0 aromatic rings. The van der Waals surface area contributed by atoms with Gasteiger partial charge in [0.15, 0.2) is 5.96 Å². The van der Waals surface area contributed by atoms with E-state index in [1.165, 1.54) is 11.9 Å². The van der Waals surface area contributed by atoms with Gasteiger partial charge in [-0.1, -0.05) is 20.8 Å². The summed E-state index contributed by atoms with van der Waals surface area (Å²) in [6.07, 6.45) is -3.56. The summed E-state index contributed by atoms with van der Waals surface area (Å²) in [5, 5.41) is 6.27. The van der Waals surface area contributed by atoms with Gasteiger partial charge in [0, 0.05) is 20.2 Å². The van der Waals surface area contributed by atoms with Crippen molar-refractivity contribution in [3.8, 4) is 0 Å². The van der Waals surface area contributed by atoms with E-state index in [4.69, 9.17) is 4.74 Å². The average Bonchev–Trinajstić information content (AvgIpc) is 2.40. The van der Waals surface area contributed by atoms with Crippen molar-refractivity contribution in [1.82, 2.24) is 15.5 Å². The third-order valence-corrected chi connectivity index (χ3v) is 3.47. The van der Waals surface area contributed by atoms with Gasteiger partial charge in [-0.25, -0.2) is 0 Å². The second-order valence-corrected chi connectivity index (χ2v) is 6.94. The lowest BCUT2D eigenvalue weighted by atomic mass is 9.89. The number of aliphatic imine (C=N–C) groups is 1. The van der Waals surface area contributed by atoms with Gasteiger partial charge in [-0.3, -0.25) is 9.89 Å². The first-order chi connectivity index (χ1) is 11.0. The van der Waals surface area contributed by atoms with Gasteiger partial charge < -0.3 is 15.4 Å². The molecular formula is C16H34F3IN4O. The van der Waals surface area contributed by atoms with Crippen molar-refractivity contribution < 1.29 is 17.9 Å². The number of nitrogens with one attached hydrogen (secondary N) is 2. The lowest BCUT2D eigenvalue weighted by Gasteiger charge is -2.28. The maximum absolute atomic E-state index is 12.3. The smallest absolute Gasteiger partial charge is 0.379 e. The second-order valence-electron chi connectivity index (χ2n) is 6.94. The van der Waals surface area contributed by atoms with Crippen LogP contribution in [0.25, 0.3) is 0 Å². The Morgan fingerprint density at radius 1 is 1.20 bits per heavy atom. The van der Waals surface area contributed by atoms with E-state index in [0.29, 0.717) is 38.6 Å². The SMILES string of the molecule is CCNC(=NCC(OC)C(C)(C)C)NCCCN(C)CC(F)(F)F.I. The molecule has 0 heterocycles. The summed E-state index contributed by atoms with van der Waals surface area (Å²) in [5.74, 6) is 0.655. The molecule has 9 heteroatoms. The highest BCUT2D eigenvalue weighted by Gasteiger charge is 2.28. The van der Waals surface area contributed by atoms with Crippen LogP contribution < -0.4 is 10.6 Å². The largest absolute Gasteiger partial charge is 0.401 e. The number of nitrogens with zero attached hydrogens (tertiary/aromatic N) is 2. The minimum Gasteiger partial charge on any atom is -0.379 e. The first kappa shape index (κ1) is 26.9. The minimum atomic E-state index is -4.15. The highest BCUT2D eigenvalue weighted by Crippen LogP contribution is 2.21. The molecule has 1 unspecified atom stereocenters. The molecule has 1 atom stereocenters. The molecule has 5 nitrogen and oxygen atoms in total. The lowest BCUT2D eigenvalue weighted by Crippen LogP contribution is -2.40. The standard InChI is InChI=1S/C16H33F3N4O.HI/c1-7-20-14(22-11-13(24-6)15(2,3)4)21-9-8-10-23(5)12-16(17,18)19;/h13H,7-12H2,1-6H3,(H2,20,21,22);1H. The molecule has 0 amide bonds. The maximum atomic E-state index is 12.3. The molecule has 0 rings (SSSR count). The molecule has 0 saturated heterocycles. The van der Waals surface area contributed by atoms with Crippen LogP contribution in [-0.2, 0) is 4.74 Å². The molecule has 152 valence electrons. The molecule has 0 fully saturated rings. The summed E-state index contributed by atoms with van der Waals surface area (Å²) in [4.78, 5) is 5.77. The number of methoxy groups -OCH3 is 1. The van der Waals surface area contributed by atoms with Crippen LogP contribution in [0.1, 0.15) is 34.1 Å². The van der Waals surface area contributed by atoms with Crippen LogP contribution in [0.3, 0.4) is 0 Å². The Morgan fingerprint density at radius 2 is 1.80 bits per heavy atom. The zero-order chi connectivity index (χ0) is 18.8. The highest BCUT2D eigenvalue weighted by atomic mass is 127. The second kappa shape index (κ2) is 13.0. The van der Waals surface area contributed by atoms with Crippen LogP contribution in [0, 0.1) is 5.41 Å². The average molecular weight is 482 g/mol. The molecule has 0 aromatic heterocycles. The zero-order valence-electron chi connectivity index (χ0n) is 16.2. The molecule has 0 aliphatic heterocycles. The van der Waals surface area contributed by atoms with Crippen molar-refractivity contribution in [3.05, 3.63) is 0 Å². The third-order valence-electron chi connectivity index (χ3n) is 3.47. The molecule has 0 aliphatic rings. The summed E-state index contributed by atoms with van der Waals surface area (Å²) >= 11 is 0. The summed E-state index contributed by atoms with van der Waals surface area (Å²) in [5.41, 5.74) is -0.0180. The van der Waals surface area contributed by atoms with E-state index in [-0.39, 0.29) is 35.5 Å². The van der Waals surface area contributed by atoms with Gasteiger partial charge >= 0.3 is 6.18 Å². The fourth-order valence-corrected chi connectivity index (χ4v) is 2.16. The Morgan fingerprint density at radius 3 is 2.24 bits per heavy atom. The Hall–Kier alpha value is -0.290. The normalized spacial score (nSPS) is 14.2. The molecule has 2 N–H and O–H groups in total. The number of alkyl halides is 3. The minimum absolute atomic E-state index is 0. The van der Waals surface area contributed by atoms with Crippen LogP contribution >= 0.6 is 24.0 Å². The number of hydrogen-bond acceptors (Lipinski definition) is 3. The molecule has 0 aromatic carbocycles. The molecule has 0 bridgehead atoms. The van der Waals surface area contributed by atoms with E-state index in [9.17, 15) is 13.2 Å². The predicted molar refractivity (Wildman–Crippen MR) is 108 cm³/mol. The van der Waals surface area contributed by atoms with Gasteiger partial charge in [0.05, 0.1) is 19.2 Å². The fraction of sp³-hybridized carbons (Fsp3) is 0.938. The summed E-state index contributed by atoms with van der Waals surface area (Å²) in [6, 6.07) is 0. The Bertz CT molecular complexity index is 373. The summed E-state index contributed by atoms with van der Waals surface area (Å²) in [6.45, 7) is 9.51. The van der Waals surface area contributed by atoms with E-state index in [0.717, 1.165) is 0 Å². The van der Waals surface area contributed by atoms with Gasteiger partial charge in [-0.2, -0.15) is 13.2 Å². The number of rotatable bonds is 9. The van der Waals surface area contributed by atoms with Crippen molar-refractivity contribution >= 4 is 29.9 Å². The monoisotopic (exact) mass is 482 g/mol. The molecule has 0 spiro atoms. The number of halogens is 4. The fourth-order valence-electron chi connectivity index (χ4n) is 2.16. The van der Waals surface area contributed by atoms with E-state index in [1.807, 2.05) is 6.92 Å². The van der Waals surface area contributed by atoms with Crippen LogP contribution in [-0.4, -0.2) is 70.0 Å². The molecular weight excluding hydrogens is 448 g/mol. The maximum Gasteiger partial charge on any atom is 0.401 e. The van der Waals surface area contributed by atoms with Gasteiger partial charge in [-0.15, -0.1) is 24.0 Å². The first-order valence-electron chi connectivity index (χ1n) is 8.30. The van der Waals surface area contributed by atoms with E-state index in [2.05, 4.69) is 36.4 Å². The van der Waals surface area contributed by atoms with Crippen molar-refractivity contribution in [1.29, 1.82) is 0 Å². The topological polar surface area (TPSA) is 48.9 Å². The van der Waals surface area contributed by atoms with E-state index < -0.39 is 12.7 Å². The number of ether oxygens (including phenoxy) is 1. The van der Waals surface area contributed by atoms with Gasteiger partial charge in [0.25, 0.3) is 0 Å². The third kappa shape index (κ3) is 14.6. The zero-order valence-corrected chi connectivity index (χ0v) is 18.5. The number of hydrogen-bond donors (Lipinski definition) is 2. The Balaban J connectivity index is 0. The van der Waals surface area contributed by atoms with Crippen LogP contribution in [0.5, 0.6) is 0 Å². The van der Waals surface area contributed by atoms with Crippen molar-refractivity contribution in [2.24, 2.45) is 10.4 Å². The van der Waals surface area contributed by atoms with Gasteiger partial charge in [0.2, 0.25) is 0 Å².